The van der Waals surface area contributed by atoms with E-state index in [1.807, 2.05) is 11.4 Å². The lowest BCUT2D eigenvalue weighted by Gasteiger charge is -2.31. The molecule has 1 unspecified atom stereocenters. The quantitative estimate of drug-likeness (QED) is 0.713. The number of amides is 2. The van der Waals surface area contributed by atoms with Crippen LogP contribution in [0.3, 0.4) is 0 Å². The third-order valence-corrected chi connectivity index (χ3v) is 8.91. The Morgan fingerprint density at radius 3 is 2.31 bits per heavy atom. The van der Waals surface area contributed by atoms with E-state index in [-0.39, 0.29) is 22.6 Å². The van der Waals surface area contributed by atoms with Gasteiger partial charge in [0.25, 0.3) is 5.91 Å². The first-order valence-corrected chi connectivity index (χ1v) is 13.5. The molecule has 2 amide bonds. The number of piperidine rings is 1. The largest absolute Gasteiger partial charge is 0.337 e. The van der Waals surface area contributed by atoms with E-state index in [9.17, 15) is 18.0 Å². The highest BCUT2D eigenvalue weighted by molar-refractivity contribution is 7.89. The molecule has 2 aliphatic heterocycles. The number of thiophene rings is 1. The second-order valence-corrected chi connectivity index (χ2v) is 11.3. The summed E-state index contributed by atoms with van der Waals surface area (Å²) in [6.07, 6.45) is 5.41. The van der Waals surface area contributed by atoms with Crippen molar-refractivity contribution in [3.63, 3.8) is 0 Å². The molecule has 9 heteroatoms. The van der Waals surface area contributed by atoms with E-state index in [1.54, 1.807) is 39.5 Å². The molecular formula is C23H29N3O4S2. The van der Waals surface area contributed by atoms with Crippen molar-refractivity contribution in [2.75, 3.05) is 31.5 Å². The highest BCUT2D eigenvalue weighted by atomic mass is 32.2. The first-order valence-electron chi connectivity index (χ1n) is 11.2. The van der Waals surface area contributed by atoms with Crippen LogP contribution in [-0.4, -0.2) is 55.6 Å². The van der Waals surface area contributed by atoms with E-state index < -0.39 is 10.0 Å². The van der Waals surface area contributed by atoms with Gasteiger partial charge in [-0.3, -0.25) is 9.59 Å². The van der Waals surface area contributed by atoms with Crippen LogP contribution >= 0.6 is 11.3 Å². The van der Waals surface area contributed by atoms with Gasteiger partial charge in [-0.05, 0) is 61.4 Å². The molecule has 0 bridgehead atoms. The van der Waals surface area contributed by atoms with Crippen LogP contribution in [0, 0.1) is 5.92 Å². The third-order valence-electron chi connectivity index (χ3n) is 6.14. The van der Waals surface area contributed by atoms with Crippen molar-refractivity contribution >= 4 is 38.9 Å². The Kier molecular flexibility index (Phi) is 7.27. The molecule has 2 fully saturated rings. The topological polar surface area (TPSA) is 86.8 Å². The Morgan fingerprint density at radius 2 is 1.66 bits per heavy atom. The predicted octanol–water partition coefficient (Wildman–Crippen LogP) is 3.80. The molecule has 7 nitrogen and oxygen atoms in total. The number of anilines is 1. The van der Waals surface area contributed by atoms with E-state index in [0.29, 0.717) is 36.7 Å². The van der Waals surface area contributed by atoms with Crippen molar-refractivity contribution in [1.82, 2.24) is 9.21 Å². The lowest BCUT2D eigenvalue weighted by Crippen LogP contribution is -2.43. The molecule has 2 saturated heterocycles. The van der Waals surface area contributed by atoms with Crippen molar-refractivity contribution in [2.24, 2.45) is 5.92 Å². The molecule has 1 atom stereocenters. The summed E-state index contributed by atoms with van der Waals surface area (Å²) in [4.78, 5) is 28.1. The average molecular weight is 476 g/mol. The van der Waals surface area contributed by atoms with Crippen molar-refractivity contribution in [3.8, 4) is 0 Å². The number of likely N-dealkylation sites (tertiary alicyclic amines) is 1. The molecule has 0 spiro atoms. The van der Waals surface area contributed by atoms with Crippen LogP contribution in [-0.2, 0) is 14.8 Å². The average Bonchev–Trinajstić information content (AvgIpc) is 3.20. The second kappa shape index (κ2) is 10.1. The number of nitrogens with one attached hydrogen (secondary N) is 1. The first-order chi connectivity index (χ1) is 15.4. The van der Waals surface area contributed by atoms with E-state index in [0.717, 1.165) is 38.5 Å². The van der Waals surface area contributed by atoms with Gasteiger partial charge in [0.05, 0.1) is 15.7 Å². The molecule has 3 heterocycles. The minimum absolute atomic E-state index is 0.0272. The number of carbonyl (C=O) groups is 2. The smallest absolute Gasteiger partial charge is 0.263 e. The zero-order valence-electron chi connectivity index (χ0n) is 18.0. The van der Waals surface area contributed by atoms with Gasteiger partial charge >= 0.3 is 0 Å². The van der Waals surface area contributed by atoms with Gasteiger partial charge in [-0.15, -0.1) is 11.3 Å². The lowest BCUT2D eigenvalue weighted by molar-refractivity contribution is -0.121. The van der Waals surface area contributed by atoms with Crippen molar-refractivity contribution in [2.45, 2.75) is 43.4 Å². The minimum Gasteiger partial charge on any atom is -0.337 e. The maximum Gasteiger partial charge on any atom is 0.263 e. The molecule has 32 heavy (non-hydrogen) atoms. The zero-order chi connectivity index (χ0) is 22.6. The highest BCUT2D eigenvalue weighted by Gasteiger charge is 2.30. The van der Waals surface area contributed by atoms with Gasteiger partial charge in [-0.1, -0.05) is 18.9 Å². The molecule has 0 radical (unpaired) electrons. The van der Waals surface area contributed by atoms with Crippen LogP contribution in [0.25, 0.3) is 0 Å². The van der Waals surface area contributed by atoms with E-state index in [1.165, 1.54) is 11.3 Å². The summed E-state index contributed by atoms with van der Waals surface area (Å²) in [7, 11) is -3.51. The molecule has 2 aliphatic rings. The van der Waals surface area contributed by atoms with Crippen LogP contribution in [0.2, 0.25) is 0 Å². The predicted molar refractivity (Wildman–Crippen MR) is 125 cm³/mol. The number of rotatable bonds is 5. The van der Waals surface area contributed by atoms with Crippen LogP contribution in [0.1, 0.15) is 48.2 Å². The fourth-order valence-electron chi connectivity index (χ4n) is 4.32. The van der Waals surface area contributed by atoms with Gasteiger partial charge in [-0.25, -0.2) is 8.42 Å². The number of nitrogens with zero attached hydrogens (tertiary/aromatic N) is 2. The molecular weight excluding hydrogens is 446 g/mol. The van der Waals surface area contributed by atoms with E-state index in [2.05, 4.69) is 5.32 Å². The number of carbonyl (C=O) groups excluding carboxylic acids is 2. The highest BCUT2D eigenvalue weighted by Crippen LogP contribution is 2.24. The van der Waals surface area contributed by atoms with Gasteiger partial charge in [0, 0.05) is 31.9 Å². The van der Waals surface area contributed by atoms with Gasteiger partial charge < -0.3 is 10.2 Å². The second-order valence-electron chi connectivity index (χ2n) is 8.40. The maximum atomic E-state index is 12.9. The molecule has 1 aromatic heterocycles. The summed E-state index contributed by atoms with van der Waals surface area (Å²) in [5, 5.41) is 4.76. The van der Waals surface area contributed by atoms with E-state index in [4.69, 9.17) is 0 Å². The Morgan fingerprint density at radius 1 is 0.938 bits per heavy atom. The third kappa shape index (κ3) is 5.22. The Hall–Kier alpha value is -2.23. The van der Waals surface area contributed by atoms with Gasteiger partial charge in [-0.2, -0.15) is 4.31 Å². The Labute approximate surface area is 193 Å². The Bertz CT molecular complexity index is 1030. The van der Waals surface area contributed by atoms with Crippen molar-refractivity contribution in [1.29, 1.82) is 0 Å². The summed E-state index contributed by atoms with van der Waals surface area (Å²) in [6, 6.07) is 10.0. The summed E-state index contributed by atoms with van der Waals surface area (Å²) >= 11 is 1.41. The van der Waals surface area contributed by atoms with Crippen molar-refractivity contribution < 1.29 is 18.0 Å². The number of sulfonamides is 1. The fourth-order valence-corrected chi connectivity index (χ4v) is 6.53. The molecule has 1 aromatic carbocycles. The first kappa shape index (κ1) is 22.9. The standard InChI is InChI=1S/C23H29N3O4S2/c27-22(18-7-5-13-25(17-18)23(28)21-8-6-16-31-21)24-19-9-11-20(12-10-19)32(29,30)26-14-3-1-2-4-15-26/h6,8-12,16,18H,1-5,7,13-15,17H2,(H,24,27). The number of hydrogen-bond acceptors (Lipinski definition) is 5. The fraction of sp³-hybridized carbons (Fsp3) is 0.478. The summed E-state index contributed by atoms with van der Waals surface area (Å²) in [5.41, 5.74) is 0.562. The van der Waals surface area contributed by atoms with Gasteiger partial charge in [0.1, 0.15) is 0 Å². The molecule has 2 aromatic rings. The number of hydrogen-bond donors (Lipinski definition) is 1. The monoisotopic (exact) mass is 475 g/mol. The van der Waals surface area contributed by atoms with Crippen LogP contribution in [0.15, 0.2) is 46.7 Å². The van der Waals surface area contributed by atoms with E-state index >= 15 is 0 Å². The molecule has 172 valence electrons. The SMILES string of the molecule is O=C(Nc1ccc(S(=O)(=O)N2CCCCCC2)cc1)C1CCCN(C(=O)c2cccs2)C1. The summed E-state index contributed by atoms with van der Waals surface area (Å²) < 4.78 is 27.4. The minimum atomic E-state index is -3.51. The molecule has 0 saturated carbocycles. The lowest BCUT2D eigenvalue weighted by atomic mass is 9.97. The molecule has 1 N–H and O–H groups in total. The number of benzene rings is 1. The van der Waals surface area contributed by atoms with Crippen LogP contribution in [0.5, 0.6) is 0 Å². The van der Waals surface area contributed by atoms with Crippen molar-refractivity contribution in [3.05, 3.63) is 46.7 Å². The molecule has 4 rings (SSSR count). The normalized spacial score (nSPS) is 20.5. The van der Waals surface area contributed by atoms with Gasteiger partial charge in [0.2, 0.25) is 15.9 Å². The Balaban J connectivity index is 1.37. The zero-order valence-corrected chi connectivity index (χ0v) is 19.7. The van der Waals surface area contributed by atoms with Crippen LogP contribution < -0.4 is 5.32 Å². The van der Waals surface area contributed by atoms with Gasteiger partial charge in [0.15, 0.2) is 0 Å². The maximum absolute atomic E-state index is 12.9. The summed E-state index contributed by atoms with van der Waals surface area (Å²) in [6.45, 7) is 2.17. The molecule has 0 aliphatic carbocycles. The van der Waals surface area contributed by atoms with Crippen LogP contribution in [0.4, 0.5) is 5.69 Å². The summed E-state index contributed by atoms with van der Waals surface area (Å²) in [5.74, 6) is -0.453.